The van der Waals surface area contributed by atoms with Gasteiger partial charge in [-0.3, -0.25) is 9.59 Å². The maximum absolute atomic E-state index is 12.4. The van der Waals surface area contributed by atoms with E-state index in [0.29, 0.717) is 17.1 Å². The molecule has 0 bridgehead atoms. The van der Waals surface area contributed by atoms with Crippen molar-refractivity contribution in [2.45, 2.75) is 19.4 Å². The Morgan fingerprint density at radius 3 is 2.57 bits per heavy atom. The van der Waals surface area contributed by atoms with E-state index < -0.39 is 9.84 Å². The molecule has 0 aliphatic carbocycles. The number of amides is 2. The van der Waals surface area contributed by atoms with Crippen LogP contribution in [0.25, 0.3) is 0 Å². The quantitative estimate of drug-likeness (QED) is 0.814. The molecule has 0 radical (unpaired) electrons. The lowest BCUT2D eigenvalue weighted by Gasteiger charge is -2.27. The van der Waals surface area contributed by atoms with Gasteiger partial charge in [0.25, 0.3) is 0 Å². The van der Waals surface area contributed by atoms with Crippen LogP contribution in [0.2, 0.25) is 5.02 Å². The highest BCUT2D eigenvalue weighted by atomic mass is 35.5. The van der Waals surface area contributed by atoms with Crippen molar-refractivity contribution in [2.24, 2.45) is 0 Å². The number of hydrogen-bond donors (Lipinski definition) is 0. The van der Waals surface area contributed by atoms with Gasteiger partial charge < -0.3 is 9.80 Å². The fourth-order valence-corrected chi connectivity index (χ4v) is 4.52. The van der Waals surface area contributed by atoms with E-state index in [1.54, 1.807) is 31.3 Å². The molecule has 1 aromatic carbocycles. The monoisotopic (exact) mass is 358 g/mol. The minimum Gasteiger partial charge on any atom is -0.340 e. The molecule has 1 aliphatic rings. The highest BCUT2D eigenvalue weighted by molar-refractivity contribution is 7.91. The van der Waals surface area contributed by atoms with Crippen LogP contribution in [0.3, 0.4) is 0 Å². The lowest BCUT2D eigenvalue weighted by molar-refractivity contribution is -0.131. The van der Waals surface area contributed by atoms with Gasteiger partial charge in [-0.05, 0) is 24.6 Å². The summed E-state index contributed by atoms with van der Waals surface area (Å²) in [4.78, 5) is 27.0. The summed E-state index contributed by atoms with van der Waals surface area (Å²) in [5, 5.41) is 0.469. The molecular weight excluding hydrogens is 340 g/mol. The second-order valence-corrected chi connectivity index (χ2v) is 8.31. The third-order valence-electron chi connectivity index (χ3n) is 3.94. The summed E-state index contributed by atoms with van der Waals surface area (Å²) in [5.74, 6) is -0.512. The van der Waals surface area contributed by atoms with Crippen LogP contribution in [0.5, 0.6) is 0 Å². The van der Waals surface area contributed by atoms with E-state index in [-0.39, 0.29) is 35.9 Å². The Hall–Kier alpha value is -1.60. The van der Waals surface area contributed by atoms with E-state index in [9.17, 15) is 18.0 Å². The molecule has 1 heterocycles. The molecule has 1 atom stereocenters. The minimum absolute atomic E-state index is 0.0214. The van der Waals surface area contributed by atoms with Crippen LogP contribution in [0.1, 0.15) is 13.3 Å². The molecule has 1 aromatic rings. The summed E-state index contributed by atoms with van der Waals surface area (Å²) in [7, 11) is -1.49. The average Bonchev–Trinajstić information content (AvgIpc) is 2.83. The molecular formula is C15H19ClN2O4S. The summed E-state index contributed by atoms with van der Waals surface area (Å²) < 4.78 is 23.1. The van der Waals surface area contributed by atoms with Crippen LogP contribution in [-0.4, -0.2) is 56.3 Å². The molecule has 0 aromatic heterocycles. The lowest BCUT2D eigenvalue weighted by atomic mass is 10.2. The van der Waals surface area contributed by atoms with Crippen molar-refractivity contribution in [3.8, 4) is 0 Å². The van der Waals surface area contributed by atoms with Gasteiger partial charge in [-0.1, -0.05) is 17.7 Å². The summed E-state index contributed by atoms with van der Waals surface area (Å²) in [5.41, 5.74) is 0.533. The van der Waals surface area contributed by atoms with E-state index in [0.717, 1.165) is 0 Å². The number of carbonyl (C=O) groups is 2. The molecule has 2 rings (SSSR count). The third-order valence-corrected chi connectivity index (χ3v) is 5.93. The molecule has 1 unspecified atom stereocenters. The van der Waals surface area contributed by atoms with Crippen LogP contribution >= 0.6 is 11.6 Å². The van der Waals surface area contributed by atoms with Gasteiger partial charge in [0, 0.05) is 30.7 Å². The zero-order chi connectivity index (χ0) is 17.2. The molecule has 6 nitrogen and oxygen atoms in total. The van der Waals surface area contributed by atoms with E-state index >= 15 is 0 Å². The first-order valence-electron chi connectivity index (χ1n) is 7.19. The number of anilines is 1. The van der Waals surface area contributed by atoms with Gasteiger partial charge >= 0.3 is 0 Å². The van der Waals surface area contributed by atoms with Gasteiger partial charge in [0.1, 0.15) is 6.54 Å². The highest BCUT2D eigenvalue weighted by Crippen LogP contribution is 2.21. The fourth-order valence-electron chi connectivity index (χ4n) is 2.56. The predicted molar refractivity (Wildman–Crippen MR) is 89.3 cm³/mol. The van der Waals surface area contributed by atoms with Gasteiger partial charge in [0.2, 0.25) is 11.8 Å². The van der Waals surface area contributed by atoms with Gasteiger partial charge in [-0.25, -0.2) is 8.42 Å². The Labute approximate surface area is 140 Å². The molecule has 0 saturated carbocycles. The molecule has 1 fully saturated rings. The maximum Gasteiger partial charge on any atom is 0.242 e. The third kappa shape index (κ3) is 4.45. The van der Waals surface area contributed by atoms with E-state index in [1.165, 1.54) is 16.7 Å². The van der Waals surface area contributed by atoms with Gasteiger partial charge in [0.15, 0.2) is 9.84 Å². The fraction of sp³-hybridized carbons (Fsp3) is 0.467. The summed E-state index contributed by atoms with van der Waals surface area (Å²) >= 11 is 5.93. The maximum atomic E-state index is 12.4. The van der Waals surface area contributed by atoms with Crippen molar-refractivity contribution < 1.29 is 18.0 Å². The summed E-state index contributed by atoms with van der Waals surface area (Å²) in [6.07, 6.45) is 0.432. The second kappa shape index (κ2) is 6.88. The molecule has 23 heavy (non-hydrogen) atoms. The summed E-state index contributed by atoms with van der Waals surface area (Å²) in [6.45, 7) is 1.22. The van der Waals surface area contributed by atoms with Gasteiger partial charge in [0.05, 0.1) is 11.5 Å². The normalized spacial score (nSPS) is 19.3. The Morgan fingerprint density at radius 1 is 1.35 bits per heavy atom. The highest BCUT2D eigenvalue weighted by Gasteiger charge is 2.33. The van der Waals surface area contributed by atoms with Crippen LogP contribution in [0, 0.1) is 0 Å². The van der Waals surface area contributed by atoms with Crippen LogP contribution in [0.4, 0.5) is 5.69 Å². The Morgan fingerprint density at radius 2 is 2.04 bits per heavy atom. The molecule has 1 aliphatic heterocycles. The smallest absolute Gasteiger partial charge is 0.242 e. The van der Waals surface area contributed by atoms with Crippen molar-refractivity contribution in [2.75, 3.05) is 30.0 Å². The zero-order valence-electron chi connectivity index (χ0n) is 13.0. The molecule has 126 valence electrons. The number of halogens is 1. The first kappa shape index (κ1) is 17.7. The van der Waals surface area contributed by atoms with E-state index in [2.05, 4.69) is 0 Å². The molecule has 1 saturated heterocycles. The van der Waals surface area contributed by atoms with Crippen molar-refractivity contribution in [1.82, 2.24) is 4.90 Å². The van der Waals surface area contributed by atoms with Crippen molar-refractivity contribution in [1.29, 1.82) is 0 Å². The van der Waals surface area contributed by atoms with E-state index in [1.807, 2.05) is 0 Å². The molecule has 2 amide bonds. The Bertz CT molecular complexity index is 720. The van der Waals surface area contributed by atoms with Crippen LogP contribution in [-0.2, 0) is 19.4 Å². The lowest BCUT2D eigenvalue weighted by Crippen LogP contribution is -2.45. The van der Waals surface area contributed by atoms with Crippen molar-refractivity contribution in [3.63, 3.8) is 0 Å². The number of carbonyl (C=O) groups excluding carboxylic acids is 2. The van der Waals surface area contributed by atoms with Gasteiger partial charge in [-0.15, -0.1) is 0 Å². The first-order valence-corrected chi connectivity index (χ1v) is 9.39. The Balaban J connectivity index is 2.11. The summed E-state index contributed by atoms with van der Waals surface area (Å²) in [6, 6.07) is 6.35. The molecule has 0 spiro atoms. The number of nitrogens with zero attached hydrogens (tertiary/aromatic N) is 2. The largest absolute Gasteiger partial charge is 0.340 e. The number of likely N-dealkylation sites (N-methyl/N-ethyl adjacent to an activating group) is 1. The topological polar surface area (TPSA) is 74.8 Å². The number of sulfone groups is 1. The SMILES string of the molecule is CC(=O)N(CC(=O)N(C)C1CCS(=O)(=O)C1)c1cccc(Cl)c1. The molecule has 0 N–H and O–H groups in total. The molecule has 8 heteroatoms. The van der Waals surface area contributed by atoms with Crippen LogP contribution in [0.15, 0.2) is 24.3 Å². The van der Waals surface area contributed by atoms with Crippen molar-refractivity contribution >= 4 is 38.9 Å². The number of hydrogen-bond acceptors (Lipinski definition) is 4. The van der Waals surface area contributed by atoms with E-state index in [4.69, 9.17) is 11.6 Å². The average molecular weight is 359 g/mol. The minimum atomic E-state index is -3.07. The zero-order valence-corrected chi connectivity index (χ0v) is 14.6. The van der Waals surface area contributed by atoms with Crippen LogP contribution < -0.4 is 4.90 Å². The standard InChI is InChI=1S/C15H19ClN2O4S/c1-11(19)18(13-5-3-4-12(16)8-13)9-15(20)17(2)14-6-7-23(21,22)10-14/h3-5,8,14H,6-7,9-10H2,1-2H3. The number of benzene rings is 1. The number of rotatable bonds is 4. The Kier molecular flexibility index (Phi) is 5.31. The predicted octanol–water partition coefficient (Wildman–Crippen LogP) is 1.34. The van der Waals surface area contributed by atoms with Gasteiger partial charge in [-0.2, -0.15) is 0 Å². The van der Waals surface area contributed by atoms with Crippen molar-refractivity contribution in [3.05, 3.63) is 29.3 Å². The second-order valence-electron chi connectivity index (χ2n) is 5.65. The first-order chi connectivity index (χ1) is 10.7.